The van der Waals surface area contributed by atoms with E-state index in [-0.39, 0.29) is 12.5 Å². The van der Waals surface area contributed by atoms with Gasteiger partial charge in [-0.1, -0.05) is 11.6 Å². The first kappa shape index (κ1) is 19.0. The number of benzene rings is 1. The van der Waals surface area contributed by atoms with Crippen molar-refractivity contribution < 1.29 is 19.1 Å². The number of hydrogen-bond acceptors (Lipinski definition) is 6. The average molecular weight is 422 g/mol. The van der Waals surface area contributed by atoms with Crippen LogP contribution in [0.15, 0.2) is 36.4 Å². The monoisotopic (exact) mass is 421 g/mol. The molecule has 0 aliphatic carbocycles. The lowest BCUT2D eigenvalue weighted by Gasteiger charge is -2.29. The van der Waals surface area contributed by atoms with Gasteiger partial charge >= 0.3 is 6.09 Å². The molecule has 2 amide bonds. The van der Waals surface area contributed by atoms with Gasteiger partial charge in [0.25, 0.3) is 5.91 Å². The minimum atomic E-state index is -0.405. The smallest absolute Gasteiger partial charge is 0.414 e. The van der Waals surface area contributed by atoms with Crippen molar-refractivity contribution >= 4 is 46.3 Å². The van der Waals surface area contributed by atoms with Crippen molar-refractivity contribution in [2.24, 2.45) is 0 Å². The first-order chi connectivity index (χ1) is 13.6. The molecule has 9 heteroatoms. The molecule has 3 heterocycles. The van der Waals surface area contributed by atoms with Crippen LogP contribution in [0.25, 0.3) is 0 Å². The summed E-state index contributed by atoms with van der Waals surface area (Å²) in [6, 6.07) is 11.2. The number of cyclic esters (lactones) is 1. The van der Waals surface area contributed by atoms with E-state index in [1.54, 1.807) is 17.0 Å². The maximum atomic E-state index is 12.2. The number of amides is 2. The van der Waals surface area contributed by atoms with Gasteiger partial charge in [-0.3, -0.25) is 9.69 Å². The fourth-order valence-electron chi connectivity index (χ4n) is 3.23. The van der Waals surface area contributed by atoms with Crippen molar-refractivity contribution in [1.29, 1.82) is 0 Å². The Labute approximate surface area is 171 Å². The lowest BCUT2D eigenvalue weighted by atomic mass is 10.2. The predicted molar refractivity (Wildman–Crippen MR) is 109 cm³/mol. The molecule has 2 aromatic rings. The molecule has 1 aromatic heterocycles. The summed E-state index contributed by atoms with van der Waals surface area (Å²) in [5.74, 6) is -0.221. The van der Waals surface area contributed by atoms with E-state index in [1.807, 2.05) is 24.3 Å². The van der Waals surface area contributed by atoms with Crippen molar-refractivity contribution in [1.82, 2.24) is 5.32 Å². The molecule has 1 N–H and O–H groups in total. The van der Waals surface area contributed by atoms with E-state index in [2.05, 4.69) is 10.2 Å². The van der Waals surface area contributed by atoms with Crippen LogP contribution in [0, 0.1) is 0 Å². The van der Waals surface area contributed by atoms with Gasteiger partial charge in [-0.2, -0.15) is 0 Å². The van der Waals surface area contributed by atoms with Gasteiger partial charge in [0.15, 0.2) is 0 Å². The predicted octanol–water partition coefficient (Wildman–Crippen LogP) is 2.99. The van der Waals surface area contributed by atoms with Crippen molar-refractivity contribution in [2.45, 2.75) is 6.10 Å². The van der Waals surface area contributed by atoms with E-state index in [0.29, 0.717) is 15.8 Å². The van der Waals surface area contributed by atoms with Crippen molar-refractivity contribution in [2.75, 3.05) is 49.2 Å². The standard InChI is InChI=1S/C19H20ClN3O4S/c20-17-6-5-16(28-17)18(24)21-11-15-12-23(19(25)27-15)14-3-1-13(2-4-14)22-7-9-26-10-8-22/h1-6,15H,7-12H2,(H,21,24)/t15-/m0/s1. The SMILES string of the molecule is O=C(NC[C@H]1CN(c2ccc(N3CCOCC3)cc2)C(=O)O1)c1ccc(Cl)s1. The van der Waals surface area contributed by atoms with Crippen molar-refractivity contribution in [3.05, 3.63) is 45.6 Å². The Balaban J connectivity index is 1.33. The number of ether oxygens (including phenoxy) is 2. The first-order valence-electron chi connectivity index (χ1n) is 9.04. The molecule has 7 nitrogen and oxygen atoms in total. The number of morpholine rings is 1. The molecule has 28 heavy (non-hydrogen) atoms. The molecule has 2 fully saturated rings. The molecule has 1 aromatic carbocycles. The summed E-state index contributed by atoms with van der Waals surface area (Å²) < 4.78 is 11.3. The summed E-state index contributed by atoms with van der Waals surface area (Å²) in [4.78, 5) is 28.7. The molecule has 148 valence electrons. The molecule has 0 bridgehead atoms. The highest BCUT2D eigenvalue weighted by atomic mass is 35.5. The third-order valence-corrected chi connectivity index (χ3v) is 5.93. The van der Waals surface area contributed by atoms with Crippen LogP contribution in [-0.4, -0.2) is 57.5 Å². The van der Waals surface area contributed by atoms with Gasteiger partial charge in [0.05, 0.1) is 35.5 Å². The molecular weight excluding hydrogens is 402 g/mol. The number of halogens is 1. The van der Waals surface area contributed by atoms with E-state index in [9.17, 15) is 9.59 Å². The number of carbonyl (C=O) groups is 2. The summed E-state index contributed by atoms with van der Waals surface area (Å²) in [6.45, 7) is 3.82. The Hall–Kier alpha value is -2.29. The van der Waals surface area contributed by atoms with Crippen molar-refractivity contribution in [3.8, 4) is 0 Å². The molecule has 2 saturated heterocycles. The lowest BCUT2D eigenvalue weighted by molar-refractivity contribution is 0.0920. The lowest BCUT2D eigenvalue weighted by Crippen LogP contribution is -2.36. The molecule has 1 atom stereocenters. The number of nitrogens with zero attached hydrogens (tertiary/aromatic N) is 2. The summed E-state index contributed by atoms with van der Waals surface area (Å²) in [5, 5.41) is 2.79. The van der Waals surface area contributed by atoms with Crippen LogP contribution in [0.2, 0.25) is 4.34 Å². The minimum absolute atomic E-state index is 0.221. The maximum absolute atomic E-state index is 12.2. The van der Waals surface area contributed by atoms with Gasteiger partial charge < -0.3 is 19.7 Å². The summed E-state index contributed by atoms with van der Waals surface area (Å²) in [5.41, 5.74) is 1.89. The second-order valence-corrected chi connectivity index (χ2v) is 8.26. The van der Waals surface area contributed by atoms with E-state index >= 15 is 0 Å². The maximum Gasteiger partial charge on any atom is 0.414 e. The Kier molecular flexibility index (Phi) is 5.70. The molecule has 0 saturated carbocycles. The van der Waals surface area contributed by atoms with Crippen molar-refractivity contribution in [3.63, 3.8) is 0 Å². The molecule has 0 spiro atoms. The number of carbonyl (C=O) groups excluding carboxylic acids is 2. The Bertz CT molecular complexity index is 851. The van der Waals surface area contributed by atoms with Crippen LogP contribution in [-0.2, 0) is 9.47 Å². The molecular formula is C19H20ClN3O4S. The molecule has 2 aliphatic heterocycles. The van der Waals surface area contributed by atoms with Gasteiger partial charge in [-0.25, -0.2) is 4.79 Å². The highest BCUT2D eigenvalue weighted by Crippen LogP contribution is 2.25. The van der Waals surface area contributed by atoms with Gasteiger partial charge in [-0.15, -0.1) is 11.3 Å². The van der Waals surface area contributed by atoms with Crippen LogP contribution < -0.4 is 15.1 Å². The summed E-state index contributed by atoms with van der Waals surface area (Å²) in [6.07, 6.45) is -0.802. The van der Waals surface area contributed by atoms with E-state index < -0.39 is 12.2 Å². The van der Waals surface area contributed by atoms with Gasteiger partial charge in [-0.05, 0) is 36.4 Å². The van der Waals surface area contributed by atoms with Crippen LogP contribution >= 0.6 is 22.9 Å². The van der Waals surface area contributed by atoms with Gasteiger partial charge in [0, 0.05) is 24.5 Å². The largest absolute Gasteiger partial charge is 0.442 e. The molecule has 0 radical (unpaired) electrons. The fraction of sp³-hybridized carbons (Fsp3) is 0.368. The number of anilines is 2. The first-order valence-corrected chi connectivity index (χ1v) is 10.2. The number of rotatable bonds is 5. The minimum Gasteiger partial charge on any atom is -0.442 e. The molecule has 2 aliphatic rings. The Morgan fingerprint density at radius 2 is 1.86 bits per heavy atom. The number of hydrogen-bond donors (Lipinski definition) is 1. The number of thiophene rings is 1. The third kappa shape index (κ3) is 4.24. The van der Waals surface area contributed by atoms with Gasteiger partial charge in [0.2, 0.25) is 0 Å². The zero-order chi connectivity index (χ0) is 19.5. The Morgan fingerprint density at radius 3 is 2.54 bits per heavy atom. The summed E-state index contributed by atoms with van der Waals surface area (Å²) >= 11 is 7.06. The third-order valence-electron chi connectivity index (χ3n) is 4.70. The zero-order valence-electron chi connectivity index (χ0n) is 15.1. The van der Waals surface area contributed by atoms with Crippen LogP contribution in [0.5, 0.6) is 0 Å². The fourth-order valence-corrected chi connectivity index (χ4v) is 4.19. The van der Waals surface area contributed by atoms with E-state index in [1.165, 1.54) is 11.3 Å². The van der Waals surface area contributed by atoms with E-state index in [4.69, 9.17) is 21.1 Å². The van der Waals surface area contributed by atoms with Crippen LogP contribution in [0.1, 0.15) is 9.67 Å². The molecule has 0 unspecified atom stereocenters. The van der Waals surface area contributed by atoms with Gasteiger partial charge in [0.1, 0.15) is 6.10 Å². The normalized spacial score (nSPS) is 19.6. The second kappa shape index (κ2) is 8.38. The zero-order valence-corrected chi connectivity index (χ0v) is 16.7. The van der Waals surface area contributed by atoms with Crippen LogP contribution in [0.3, 0.4) is 0 Å². The second-order valence-electron chi connectivity index (χ2n) is 6.55. The number of nitrogens with one attached hydrogen (secondary N) is 1. The quantitative estimate of drug-likeness (QED) is 0.803. The summed E-state index contributed by atoms with van der Waals surface area (Å²) in [7, 11) is 0. The highest BCUT2D eigenvalue weighted by Gasteiger charge is 2.32. The topological polar surface area (TPSA) is 71.1 Å². The highest BCUT2D eigenvalue weighted by molar-refractivity contribution is 7.17. The Morgan fingerprint density at radius 1 is 1.14 bits per heavy atom. The molecule has 4 rings (SSSR count). The van der Waals surface area contributed by atoms with E-state index in [0.717, 1.165) is 37.7 Å². The van der Waals surface area contributed by atoms with Crippen LogP contribution in [0.4, 0.5) is 16.2 Å². The average Bonchev–Trinajstić information content (AvgIpc) is 3.32.